The first kappa shape index (κ1) is 23.6. The maximum atomic E-state index is 12.8. The number of carboxylic acid groups (broad SMARTS) is 1. The molecule has 1 aliphatic heterocycles. The number of benzene rings is 2. The highest BCUT2D eigenvalue weighted by Gasteiger charge is 2.53. The van der Waals surface area contributed by atoms with E-state index in [1.165, 1.54) is 0 Å². The van der Waals surface area contributed by atoms with Crippen LogP contribution in [0, 0.1) is 5.41 Å². The third-order valence-electron chi connectivity index (χ3n) is 7.20. The van der Waals surface area contributed by atoms with Gasteiger partial charge in [-0.25, -0.2) is 9.59 Å². The normalized spacial score (nSPS) is 21.1. The number of carbonyl (C=O) groups is 2. The largest absolute Gasteiger partial charge is 0.480 e. The molecule has 2 atom stereocenters. The zero-order chi connectivity index (χ0) is 24.3. The number of carboxylic acids is 1. The molecule has 0 spiro atoms. The van der Waals surface area contributed by atoms with Crippen molar-refractivity contribution in [3.05, 3.63) is 70.1 Å². The molecule has 9 heteroatoms. The van der Waals surface area contributed by atoms with Crippen molar-refractivity contribution in [3.63, 3.8) is 0 Å². The van der Waals surface area contributed by atoms with E-state index in [1.54, 1.807) is 0 Å². The quantitative estimate of drug-likeness (QED) is 0.264. The lowest BCUT2D eigenvalue weighted by atomic mass is 9.76. The Bertz CT molecular complexity index is 1100. The van der Waals surface area contributed by atoms with Crippen LogP contribution in [0.15, 0.2) is 53.6 Å². The van der Waals surface area contributed by atoms with Crippen LogP contribution in [0.5, 0.6) is 0 Å². The molecule has 0 radical (unpaired) electrons. The summed E-state index contributed by atoms with van der Waals surface area (Å²) in [5.74, 6) is -1.22. The van der Waals surface area contributed by atoms with Crippen LogP contribution >= 0.6 is 0 Å². The fourth-order valence-electron chi connectivity index (χ4n) is 5.67. The number of nitrogens with one attached hydrogen (secondary N) is 1. The first-order valence-electron chi connectivity index (χ1n) is 11.4. The number of ether oxygens (including phenoxy) is 1. The van der Waals surface area contributed by atoms with Crippen LogP contribution in [-0.2, 0) is 9.53 Å². The van der Waals surface area contributed by atoms with E-state index in [9.17, 15) is 14.7 Å². The summed E-state index contributed by atoms with van der Waals surface area (Å²) in [5.41, 5.74) is 12.4. The zero-order valence-electron chi connectivity index (χ0n) is 19.5. The van der Waals surface area contributed by atoms with Crippen LogP contribution in [-0.4, -0.2) is 68.0 Å². The summed E-state index contributed by atoms with van der Waals surface area (Å²) in [4.78, 5) is 27.9. The van der Waals surface area contributed by atoms with Gasteiger partial charge >= 0.3 is 12.1 Å². The number of fused-ring (bicyclic) bond motifs is 3. The van der Waals surface area contributed by atoms with Gasteiger partial charge < -0.3 is 19.6 Å². The number of alkyl carbamates (subject to hydrolysis) is 1. The number of azide groups is 1. The lowest BCUT2D eigenvalue weighted by molar-refractivity contribution is -0.881. The van der Waals surface area contributed by atoms with Gasteiger partial charge in [0.25, 0.3) is 0 Å². The second-order valence-electron chi connectivity index (χ2n) is 9.88. The van der Waals surface area contributed by atoms with Crippen LogP contribution in [0.3, 0.4) is 0 Å². The number of hydrogen-bond donors (Lipinski definition) is 2. The lowest BCUT2D eigenvalue weighted by Crippen LogP contribution is -2.55. The van der Waals surface area contributed by atoms with Crippen LogP contribution in [0.2, 0.25) is 0 Å². The Morgan fingerprint density at radius 1 is 1.21 bits per heavy atom. The topological polar surface area (TPSA) is 124 Å². The highest BCUT2D eigenvalue weighted by atomic mass is 16.5. The summed E-state index contributed by atoms with van der Waals surface area (Å²) in [7, 11) is 4.06. The summed E-state index contributed by atoms with van der Waals surface area (Å²) >= 11 is 0. The molecular weight excluding hydrogens is 434 g/mol. The molecule has 34 heavy (non-hydrogen) atoms. The Labute approximate surface area is 198 Å². The van der Waals surface area contributed by atoms with Gasteiger partial charge in [0.2, 0.25) is 0 Å². The predicted molar refractivity (Wildman–Crippen MR) is 127 cm³/mol. The molecule has 0 aromatic heterocycles. The van der Waals surface area contributed by atoms with Crippen LogP contribution in [0.4, 0.5) is 4.79 Å². The molecule has 0 bridgehead atoms. The molecule has 4 rings (SSSR count). The molecule has 9 nitrogen and oxygen atoms in total. The smallest absolute Gasteiger partial charge is 0.407 e. The average Bonchev–Trinajstić information content (AvgIpc) is 3.30. The van der Waals surface area contributed by atoms with E-state index in [1.807, 2.05) is 50.5 Å². The number of amides is 1. The van der Waals surface area contributed by atoms with Gasteiger partial charge in [0.15, 0.2) is 0 Å². The van der Waals surface area contributed by atoms with Gasteiger partial charge in [-0.2, -0.15) is 0 Å². The molecule has 1 aliphatic carbocycles. The van der Waals surface area contributed by atoms with Crippen molar-refractivity contribution < 1.29 is 23.9 Å². The molecule has 1 heterocycles. The van der Waals surface area contributed by atoms with Gasteiger partial charge in [-0.15, -0.1) is 0 Å². The number of likely N-dealkylation sites (tertiary alicyclic amines) is 1. The van der Waals surface area contributed by atoms with Gasteiger partial charge in [0, 0.05) is 23.8 Å². The molecule has 2 N–H and O–H groups in total. The van der Waals surface area contributed by atoms with E-state index in [-0.39, 0.29) is 19.1 Å². The SMILES string of the molecule is C[N+]1(C)CC[C@](CCN=[N+]=[N-])([C@H](NC(=O)OCC2c3ccccc3-c3ccccc32)C(=O)O)C1. The summed E-state index contributed by atoms with van der Waals surface area (Å²) in [5, 5.41) is 16.3. The Kier molecular flexibility index (Phi) is 6.50. The van der Waals surface area contributed by atoms with Crippen LogP contribution in [0.1, 0.15) is 29.9 Å². The van der Waals surface area contributed by atoms with Crippen molar-refractivity contribution >= 4 is 12.1 Å². The number of nitrogens with zero attached hydrogens (tertiary/aromatic N) is 4. The summed E-state index contributed by atoms with van der Waals surface area (Å²) < 4.78 is 6.23. The second kappa shape index (κ2) is 9.37. The number of quaternary nitrogens is 1. The fourth-order valence-corrected chi connectivity index (χ4v) is 5.67. The van der Waals surface area contributed by atoms with Gasteiger partial charge in [0.05, 0.1) is 32.6 Å². The minimum Gasteiger partial charge on any atom is -0.480 e. The van der Waals surface area contributed by atoms with Crippen molar-refractivity contribution in [1.29, 1.82) is 0 Å². The van der Waals surface area contributed by atoms with Crippen molar-refractivity contribution in [2.75, 3.05) is 40.3 Å². The first-order chi connectivity index (χ1) is 16.3. The Hall–Kier alpha value is -3.55. The number of aliphatic carboxylic acids is 1. The van der Waals surface area contributed by atoms with Crippen LogP contribution in [0.25, 0.3) is 21.6 Å². The van der Waals surface area contributed by atoms with E-state index in [0.29, 0.717) is 23.9 Å². The molecular formula is C25H30N5O4+. The standard InChI is InChI=1S/C25H29N5O4/c1-30(2)14-12-25(16-30,11-13-27-29-26)22(23(31)32)28-24(33)34-15-21-19-9-5-3-7-17(19)18-8-4-6-10-20(18)21/h3-10,21-22H,11-16H2,1-2H3,(H-,28,31,32,33)/p+1/t22-,25+/m1/s1. The maximum absolute atomic E-state index is 12.8. The van der Waals surface area contributed by atoms with E-state index in [4.69, 9.17) is 10.3 Å². The molecule has 0 saturated carbocycles. The molecule has 2 aliphatic rings. The number of carbonyl (C=O) groups excluding carboxylic acids is 1. The third-order valence-corrected chi connectivity index (χ3v) is 7.20. The number of rotatable bonds is 8. The summed E-state index contributed by atoms with van der Waals surface area (Å²) in [6.07, 6.45) is 0.218. The van der Waals surface area contributed by atoms with Gasteiger partial charge in [-0.1, -0.05) is 53.6 Å². The van der Waals surface area contributed by atoms with Crippen molar-refractivity contribution in [3.8, 4) is 11.1 Å². The predicted octanol–water partition coefficient (Wildman–Crippen LogP) is 4.15. The lowest BCUT2D eigenvalue weighted by Gasteiger charge is -2.35. The van der Waals surface area contributed by atoms with Gasteiger partial charge in [-0.05, 0) is 34.2 Å². The zero-order valence-corrected chi connectivity index (χ0v) is 19.5. The fraction of sp³-hybridized carbons (Fsp3) is 0.440. The second-order valence-corrected chi connectivity index (χ2v) is 9.88. The monoisotopic (exact) mass is 464 g/mol. The average molecular weight is 465 g/mol. The van der Waals surface area contributed by atoms with E-state index < -0.39 is 23.5 Å². The first-order valence-corrected chi connectivity index (χ1v) is 11.4. The van der Waals surface area contributed by atoms with E-state index in [0.717, 1.165) is 28.8 Å². The Morgan fingerprint density at radius 3 is 2.35 bits per heavy atom. The minimum atomic E-state index is -1.14. The number of hydrogen-bond acceptors (Lipinski definition) is 4. The highest BCUT2D eigenvalue weighted by Crippen LogP contribution is 2.44. The van der Waals surface area contributed by atoms with Crippen molar-refractivity contribution in [2.24, 2.45) is 10.5 Å². The molecule has 2 aromatic carbocycles. The molecule has 0 unspecified atom stereocenters. The summed E-state index contributed by atoms with van der Waals surface area (Å²) in [6.45, 7) is 1.60. The van der Waals surface area contributed by atoms with E-state index >= 15 is 0 Å². The molecule has 1 amide bonds. The van der Waals surface area contributed by atoms with Crippen molar-refractivity contribution in [2.45, 2.75) is 24.8 Å². The molecule has 2 aromatic rings. The van der Waals surface area contributed by atoms with Gasteiger partial charge in [-0.3, -0.25) is 0 Å². The van der Waals surface area contributed by atoms with Crippen LogP contribution < -0.4 is 5.32 Å². The molecule has 178 valence electrons. The maximum Gasteiger partial charge on any atom is 0.407 e. The van der Waals surface area contributed by atoms with E-state index in [2.05, 4.69) is 27.5 Å². The molecule has 1 fully saturated rings. The van der Waals surface area contributed by atoms with Gasteiger partial charge in [0.1, 0.15) is 12.6 Å². The highest BCUT2D eigenvalue weighted by molar-refractivity contribution is 5.81. The Morgan fingerprint density at radius 2 is 1.82 bits per heavy atom. The van der Waals surface area contributed by atoms with Crippen molar-refractivity contribution in [1.82, 2.24) is 5.32 Å². The Balaban J connectivity index is 1.50. The summed E-state index contributed by atoms with van der Waals surface area (Å²) in [6, 6.07) is 14.9. The minimum absolute atomic E-state index is 0.109. The third kappa shape index (κ3) is 4.58. The molecule has 1 saturated heterocycles.